The van der Waals surface area contributed by atoms with Crippen molar-refractivity contribution in [1.29, 1.82) is 0 Å². The highest BCUT2D eigenvalue weighted by molar-refractivity contribution is 5.60. The molecule has 1 saturated carbocycles. The first-order valence-corrected chi connectivity index (χ1v) is 6.49. The van der Waals surface area contributed by atoms with Crippen LogP contribution in [0.2, 0.25) is 0 Å². The average molecular weight is 235 g/mol. The number of nitrogens with zero attached hydrogens (tertiary/aromatic N) is 1. The monoisotopic (exact) mass is 235 g/mol. The smallest absolute Gasteiger partial charge is 0.127 e. The molecule has 1 aliphatic carbocycles. The summed E-state index contributed by atoms with van der Waals surface area (Å²) >= 11 is 0. The molecule has 3 heteroatoms. The van der Waals surface area contributed by atoms with Crippen LogP contribution in [0.1, 0.15) is 38.4 Å². The van der Waals surface area contributed by atoms with Crippen LogP contribution < -0.4 is 0 Å². The number of carbonyl (C=O) groups is 1. The highest BCUT2D eigenvalue weighted by Gasteiger charge is 2.35. The van der Waals surface area contributed by atoms with Crippen molar-refractivity contribution in [2.24, 2.45) is 5.41 Å². The van der Waals surface area contributed by atoms with Crippen LogP contribution in [0.15, 0.2) is 22.8 Å². The summed E-state index contributed by atoms with van der Waals surface area (Å²) in [4.78, 5) is 13.6. The zero-order valence-electron chi connectivity index (χ0n) is 10.5. The first-order chi connectivity index (χ1) is 8.28. The fourth-order valence-electron chi connectivity index (χ4n) is 2.74. The molecule has 0 aliphatic heterocycles. The molecule has 1 fully saturated rings. The van der Waals surface area contributed by atoms with Crippen LogP contribution in [0, 0.1) is 5.41 Å². The van der Waals surface area contributed by atoms with E-state index in [0.29, 0.717) is 0 Å². The van der Waals surface area contributed by atoms with E-state index in [1.54, 1.807) is 6.26 Å². The largest absolute Gasteiger partial charge is 0.468 e. The maximum Gasteiger partial charge on any atom is 0.127 e. The number of hydrogen-bond acceptors (Lipinski definition) is 3. The Kier molecular flexibility index (Phi) is 4.00. The summed E-state index contributed by atoms with van der Waals surface area (Å²) in [6.07, 6.45) is 7.36. The summed E-state index contributed by atoms with van der Waals surface area (Å²) < 4.78 is 5.37. The normalized spacial score (nSPS) is 18.7. The Bertz CT molecular complexity index is 339. The van der Waals surface area contributed by atoms with Crippen LogP contribution in [0.25, 0.3) is 0 Å². The summed E-state index contributed by atoms with van der Waals surface area (Å²) in [5, 5.41) is 0. The van der Waals surface area contributed by atoms with Gasteiger partial charge in [0.1, 0.15) is 12.0 Å². The van der Waals surface area contributed by atoms with Gasteiger partial charge in [0.15, 0.2) is 0 Å². The van der Waals surface area contributed by atoms with Gasteiger partial charge in [-0.1, -0.05) is 19.8 Å². The summed E-state index contributed by atoms with van der Waals surface area (Å²) in [6.45, 7) is 4.76. The topological polar surface area (TPSA) is 33.5 Å². The van der Waals surface area contributed by atoms with Crippen molar-refractivity contribution in [3.63, 3.8) is 0 Å². The second-order valence-corrected chi connectivity index (χ2v) is 5.07. The molecule has 0 spiro atoms. The minimum absolute atomic E-state index is 0.0946. The van der Waals surface area contributed by atoms with E-state index in [0.717, 1.165) is 38.2 Å². The van der Waals surface area contributed by atoms with Gasteiger partial charge in [0.25, 0.3) is 0 Å². The van der Waals surface area contributed by atoms with Crippen LogP contribution in [0.4, 0.5) is 0 Å². The van der Waals surface area contributed by atoms with Gasteiger partial charge in [-0.15, -0.1) is 0 Å². The van der Waals surface area contributed by atoms with E-state index in [2.05, 4.69) is 11.8 Å². The van der Waals surface area contributed by atoms with Crippen molar-refractivity contribution in [1.82, 2.24) is 4.90 Å². The van der Waals surface area contributed by atoms with Gasteiger partial charge in [-0.2, -0.15) is 0 Å². The SMILES string of the molecule is CCN(Cc1ccco1)CC1(C=O)CCCC1. The lowest BCUT2D eigenvalue weighted by molar-refractivity contribution is -0.117. The van der Waals surface area contributed by atoms with Crippen LogP contribution in [0.3, 0.4) is 0 Å². The molecular formula is C14H21NO2. The van der Waals surface area contributed by atoms with E-state index in [1.807, 2.05) is 12.1 Å². The predicted octanol–water partition coefficient (Wildman–Crippen LogP) is 2.86. The number of furan rings is 1. The molecule has 0 amide bonds. The van der Waals surface area contributed by atoms with Crippen molar-refractivity contribution in [3.05, 3.63) is 24.2 Å². The van der Waals surface area contributed by atoms with Gasteiger partial charge in [-0.3, -0.25) is 4.90 Å². The average Bonchev–Trinajstić information content (AvgIpc) is 3.00. The van der Waals surface area contributed by atoms with E-state index in [-0.39, 0.29) is 5.41 Å². The number of hydrogen-bond donors (Lipinski definition) is 0. The molecule has 17 heavy (non-hydrogen) atoms. The third kappa shape index (κ3) is 2.97. The first kappa shape index (κ1) is 12.4. The summed E-state index contributed by atoms with van der Waals surface area (Å²) in [5.74, 6) is 0.978. The van der Waals surface area contributed by atoms with Crippen molar-refractivity contribution in [3.8, 4) is 0 Å². The van der Waals surface area contributed by atoms with Gasteiger partial charge in [0, 0.05) is 12.0 Å². The minimum Gasteiger partial charge on any atom is -0.468 e. The Balaban J connectivity index is 1.96. The van der Waals surface area contributed by atoms with Gasteiger partial charge < -0.3 is 9.21 Å². The molecule has 0 atom stereocenters. The van der Waals surface area contributed by atoms with E-state index in [4.69, 9.17) is 4.42 Å². The maximum atomic E-state index is 11.3. The molecular weight excluding hydrogens is 214 g/mol. The van der Waals surface area contributed by atoms with Crippen LogP contribution in [0.5, 0.6) is 0 Å². The molecule has 0 aromatic carbocycles. The minimum atomic E-state index is -0.0946. The van der Waals surface area contributed by atoms with Crippen molar-refractivity contribution in [2.75, 3.05) is 13.1 Å². The molecule has 0 N–H and O–H groups in total. The van der Waals surface area contributed by atoms with Gasteiger partial charge in [0.05, 0.1) is 12.8 Å². The predicted molar refractivity (Wildman–Crippen MR) is 66.6 cm³/mol. The van der Waals surface area contributed by atoms with Crippen LogP contribution in [-0.4, -0.2) is 24.3 Å². The Hall–Kier alpha value is -1.09. The van der Waals surface area contributed by atoms with Crippen molar-refractivity contribution in [2.45, 2.75) is 39.2 Å². The van der Waals surface area contributed by atoms with Crippen molar-refractivity contribution < 1.29 is 9.21 Å². The molecule has 0 radical (unpaired) electrons. The molecule has 1 heterocycles. The Morgan fingerprint density at radius 1 is 1.47 bits per heavy atom. The molecule has 2 rings (SSSR count). The maximum absolute atomic E-state index is 11.3. The van der Waals surface area contributed by atoms with Crippen LogP contribution >= 0.6 is 0 Å². The molecule has 94 valence electrons. The Morgan fingerprint density at radius 2 is 2.24 bits per heavy atom. The van der Waals surface area contributed by atoms with Gasteiger partial charge in [-0.25, -0.2) is 0 Å². The zero-order valence-corrected chi connectivity index (χ0v) is 10.5. The highest BCUT2D eigenvalue weighted by Crippen LogP contribution is 2.37. The lowest BCUT2D eigenvalue weighted by Crippen LogP contribution is -2.36. The Morgan fingerprint density at radius 3 is 2.76 bits per heavy atom. The summed E-state index contributed by atoms with van der Waals surface area (Å²) in [6, 6.07) is 3.90. The third-order valence-corrected chi connectivity index (χ3v) is 3.79. The third-order valence-electron chi connectivity index (χ3n) is 3.79. The second-order valence-electron chi connectivity index (χ2n) is 5.07. The first-order valence-electron chi connectivity index (χ1n) is 6.49. The lowest BCUT2D eigenvalue weighted by atomic mass is 9.87. The molecule has 0 unspecified atom stereocenters. The van der Waals surface area contributed by atoms with E-state index < -0.39 is 0 Å². The van der Waals surface area contributed by atoms with Gasteiger partial charge in [-0.05, 0) is 31.5 Å². The molecule has 0 bridgehead atoms. The summed E-state index contributed by atoms with van der Waals surface area (Å²) in [7, 11) is 0. The van der Waals surface area contributed by atoms with Crippen molar-refractivity contribution >= 4 is 6.29 Å². The standard InChI is InChI=1S/C14H21NO2/c1-2-15(10-13-6-5-9-17-13)11-14(12-16)7-3-4-8-14/h5-6,9,12H,2-4,7-8,10-11H2,1H3. The van der Waals surface area contributed by atoms with Gasteiger partial charge in [0.2, 0.25) is 0 Å². The molecule has 3 nitrogen and oxygen atoms in total. The van der Waals surface area contributed by atoms with E-state index >= 15 is 0 Å². The number of aldehydes is 1. The van der Waals surface area contributed by atoms with Crippen LogP contribution in [-0.2, 0) is 11.3 Å². The fourth-order valence-corrected chi connectivity index (χ4v) is 2.74. The van der Waals surface area contributed by atoms with Gasteiger partial charge >= 0.3 is 0 Å². The summed E-state index contributed by atoms with van der Waals surface area (Å²) in [5.41, 5.74) is -0.0946. The Labute approximate surface area is 103 Å². The molecule has 1 aromatic rings. The number of carbonyl (C=O) groups excluding carboxylic acids is 1. The quantitative estimate of drug-likeness (QED) is 0.711. The highest BCUT2D eigenvalue weighted by atomic mass is 16.3. The molecule has 1 aromatic heterocycles. The number of rotatable bonds is 6. The second kappa shape index (κ2) is 5.50. The molecule has 0 saturated heterocycles. The van der Waals surface area contributed by atoms with E-state index in [9.17, 15) is 4.79 Å². The molecule has 1 aliphatic rings. The lowest BCUT2D eigenvalue weighted by Gasteiger charge is -2.29. The fraction of sp³-hybridized carbons (Fsp3) is 0.643. The van der Waals surface area contributed by atoms with E-state index in [1.165, 1.54) is 19.1 Å². The zero-order chi connectivity index (χ0) is 12.1.